The van der Waals surface area contributed by atoms with Crippen molar-refractivity contribution in [3.05, 3.63) is 28.2 Å². The molecule has 2 amide bonds. The first-order valence-electron chi connectivity index (χ1n) is 6.63. The molecule has 0 bridgehead atoms. The van der Waals surface area contributed by atoms with Crippen molar-refractivity contribution in [2.24, 2.45) is 17.8 Å². The van der Waals surface area contributed by atoms with E-state index in [1.54, 1.807) is 0 Å². The Morgan fingerprint density at radius 1 is 1.16 bits per heavy atom. The average Bonchev–Trinajstić information content (AvgIpc) is 2.84. The molecule has 1 saturated heterocycles. The fraction of sp³-hybridized carbons (Fsp3) is 0.467. The molecular formula is C15H16BrNO2. The minimum absolute atomic E-state index is 0.0134. The molecular weight excluding hydrogens is 306 g/mol. The van der Waals surface area contributed by atoms with Crippen LogP contribution in [0.3, 0.4) is 0 Å². The van der Waals surface area contributed by atoms with E-state index in [0.29, 0.717) is 5.92 Å². The lowest BCUT2D eigenvalue weighted by Crippen LogP contribution is -2.32. The number of carbonyl (C=O) groups excluding carboxylic acids is 2. The molecule has 0 radical (unpaired) electrons. The van der Waals surface area contributed by atoms with Gasteiger partial charge >= 0.3 is 0 Å². The Labute approximate surface area is 121 Å². The maximum atomic E-state index is 12.5. The van der Waals surface area contributed by atoms with Crippen LogP contribution in [0.1, 0.15) is 25.3 Å². The summed E-state index contributed by atoms with van der Waals surface area (Å²) in [7, 11) is 0. The van der Waals surface area contributed by atoms with Gasteiger partial charge in [0.1, 0.15) is 0 Å². The molecule has 2 unspecified atom stereocenters. The molecule has 1 aliphatic heterocycles. The van der Waals surface area contributed by atoms with Crippen LogP contribution in [0.15, 0.2) is 22.7 Å². The minimum Gasteiger partial charge on any atom is -0.274 e. The zero-order valence-corrected chi connectivity index (χ0v) is 12.6. The number of carbonyl (C=O) groups is 2. The number of hydrogen-bond acceptors (Lipinski definition) is 2. The topological polar surface area (TPSA) is 37.4 Å². The highest BCUT2D eigenvalue weighted by molar-refractivity contribution is 9.10. The van der Waals surface area contributed by atoms with E-state index >= 15 is 0 Å². The molecule has 19 heavy (non-hydrogen) atoms. The van der Waals surface area contributed by atoms with Crippen LogP contribution >= 0.6 is 15.9 Å². The van der Waals surface area contributed by atoms with Crippen LogP contribution in [0.4, 0.5) is 5.69 Å². The molecule has 1 heterocycles. The Hall–Kier alpha value is -1.16. The SMILES string of the molecule is Cc1c(Br)cccc1N1C(=O)C2CC(C)CC2C1=O. The van der Waals surface area contributed by atoms with Gasteiger partial charge in [-0.05, 0) is 43.4 Å². The summed E-state index contributed by atoms with van der Waals surface area (Å²) in [6, 6.07) is 5.64. The van der Waals surface area contributed by atoms with Crippen molar-refractivity contribution in [3.63, 3.8) is 0 Å². The third kappa shape index (κ3) is 1.84. The molecule has 1 aliphatic carbocycles. The highest BCUT2D eigenvalue weighted by Crippen LogP contribution is 2.45. The first-order valence-corrected chi connectivity index (χ1v) is 7.43. The zero-order chi connectivity index (χ0) is 13.7. The smallest absolute Gasteiger partial charge is 0.237 e. The van der Waals surface area contributed by atoms with E-state index < -0.39 is 0 Å². The summed E-state index contributed by atoms with van der Waals surface area (Å²) >= 11 is 3.45. The number of amides is 2. The molecule has 3 nitrogen and oxygen atoms in total. The third-order valence-electron chi connectivity index (χ3n) is 4.35. The van der Waals surface area contributed by atoms with Gasteiger partial charge in [0.2, 0.25) is 11.8 Å². The Bertz CT molecular complexity index is 545. The van der Waals surface area contributed by atoms with Gasteiger partial charge in [0.05, 0.1) is 17.5 Å². The second-order valence-electron chi connectivity index (χ2n) is 5.69. The summed E-state index contributed by atoms with van der Waals surface area (Å²) < 4.78 is 0.927. The largest absolute Gasteiger partial charge is 0.274 e. The van der Waals surface area contributed by atoms with E-state index in [0.717, 1.165) is 28.6 Å². The molecule has 4 heteroatoms. The molecule has 2 fully saturated rings. The Morgan fingerprint density at radius 2 is 1.74 bits per heavy atom. The summed E-state index contributed by atoms with van der Waals surface area (Å²) in [6.45, 7) is 4.05. The Morgan fingerprint density at radius 3 is 2.32 bits per heavy atom. The number of benzene rings is 1. The van der Waals surface area contributed by atoms with Gasteiger partial charge in [-0.2, -0.15) is 0 Å². The average molecular weight is 322 g/mol. The number of nitrogens with zero attached hydrogens (tertiary/aromatic N) is 1. The van der Waals surface area contributed by atoms with E-state index in [1.807, 2.05) is 25.1 Å². The van der Waals surface area contributed by atoms with Gasteiger partial charge < -0.3 is 0 Å². The van der Waals surface area contributed by atoms with E-state index in [1.165, 1.54) is 4.90 Å². The molecule has 100 valence electrons. The molecule has 2 aliphatic rings. The van der Waals surface area contributed by atoms with Crippen molar-refractivity contribution in [3.8, 4) is 0 Å². The quantitative estimate of drug-likeness (QED) is 0.744. The van der Waals surface area contributed by atoms with Gasteiger partial charge in [-0.15, -0.1) is 0 Å². The predicted molar refractivity (Wildman–Crippen MR) is 76.8 cm³/mol. The van der Waals surface area contributed by atoms with Crippen molar-refractivity contribution < 1.29 is 9.59 Å². The number of imide groups is 1. The maximum Gasteiger partial charge on any atom is 0.237 e. The van der Waals surface area contributed by atoms with Crippen LogP contribution in [0.2, 0.25) is 0 Å². The van der Waals surface area contributed by atoms with Crippen LogP contribution in [-0.4, -0.2) is 11.8 Å². The lowest BCUT2D eigenvalue weighted by atomic mass is 10.00. The van der Waals surface area contributed by atoms with E-state index in [-0.39, 0.29) is 23.7 Å². The number of rotatable bonds is 1. The lowest BCUT2D eigenvalue weighted by Gasteiger charge is -2.19. The highest BCUT2D eigenvalue weighted by Gasteiger charge is 2.52. The Balaban J connectivity index is 2.01. The molecule has 2 atom stereocenters. The lowest BCUT2D eigenvalue weighted by molar-refractivity contribution is -0.123. The second-order valence-corrected chi connectivity index (χ2v) is 6.54. The molecule has 1 aromatic rings. The fourth-order valence-electron chi connectivity index (χ4n) is 3.35. The molecule has 1 aromatic carbocycles. The highest BCUT2D eigenvalue weighted by atomic mass is 79.9. The van der Waals surface area contributed by atoms with Crippen LogP contribution in [0.5, 0.6) is 0 Å². The van der Waals surface area contributed by atoms with Gasteiger partial charge in [-0.25, -0.2) is 4.90 Å². The molecule has 1 saturated carbocycles. The normalized spacial score (nSPS) is 30.1. The van der Waals surface area contributed by atoms with Crippen molar-refractivity contribution in [2.75, 3.05) is 4.90 Å². The predicted octanol–water partition coefficient (Wildman–Crippen LogP) is 3.29. The summed E-state index contributed by atoms with van der Waals surface area (Å²) in [5.74, 6) is 0.261. The summed E-state index contributed by atoms with van der Waals surface area (Å²) in [5.41, 5.74) is 1.67. The fourth-order valence-corrected chi connectivity index (χ4v) is 3.71. The Kier molecular flexibility index (Phi) is 3.01. The van der Waals surface area contributed by atoms with Gasteiger partial charge in [-0.1, -0.05) is 28.9 Å². The van der Waals surface area contributed by atoms with Crippen molar-refractivity contribution in [1.82, 2.24) is 0 Å². The van der Waals surface area contributed by atoms with Crippen molar-refractivity contribution in [1.29, 1.82) is 0 Å². The summed E-state index contributed by atoms with van der Waals surface area (Å²) in [5, 5.41) is 0. The van der Waals surface area contributed by atoms with Crippen LogP contribution < -0.4 is 4.90 Å². The van der Waals surface area contributed by atoms with Crippen LogP contribution in [-0.2, 0) is 9.59 Å². The van der Waals surface area contributed by atoms with Crippen molar-refractivity contribution >= 4 is 33.4 Å². The van der Waals surface area contributed by atoms with Gasteiger partial charge in [-0.3, -0.25) is 9.59 Å². The third-order valence-corrected chi connectivity index (χ3v) is 5.21. The van der Waals surface area contributed by atoms with Crippen LogP contribution in [0.25, 0.3) is 0 Å². The number of fused-ring (bicyclic) bond motifs is 1. The van der Waals surface area contributed by atoms with E-state index in [9.17, 15) is 9.59 Å². The summed E-state index contributed by atoms with van der Waals surface area (Å²) in [6.07, 6.45) is 1.69. The van der Waals surface area contributed by atoms with Gasteiger partial charge in [0.15, 0.2) is 0 Å². The number of halogens is 1. The van der Waals surface area contributed by atoms with Crippen LogP contribution in [0, 0.1) is 24.7 Å². The number of anilines is 1. The minimum atomic E-state index is -0.0964. The molecule has 0 N–H and O–H groups in total. The molecule has 3 rings (SSSR count). The van der Waals surface area contributed by atoms with Gasteiger partial charge in [0, 0.05) is 4.47 Å². The molecule has 0 aromatic heterocycles. The number of hydrogen-bond donors (Lipinski definition) is 0. The first-order chi connectivity index (χ1) is 9.00. The van der Waals surface area contributed by atoms with E-state index in [2.05, 4.69) is 22.9 Å². The van der Waals surface area contributed by atoms with Crippen molar-refractivity contribution in [2.45, 2.75) is 26.7 Å². The van der Waals surface area contributed by atoms with Gasteiger partial charge in [0.25, 0.3) is 0 Å². The maximum absolute atomic E-state index is 12.5. The monoisotopic (exact) mass is 321 g/mol. The summed E-state index contributed by atoms with van der Waals surface area (Å²) in [4.78, 5) is 26.4. The standard InChI is InChI=1S/C15H16BrNO2/c1-8-6-10-11(7-8)15(19)17(14(10)18)13-5-3-4-12(16)9(13)2/h3-5,8,10-11H,6-7H2,1-2H3. The first kappa shape index (κ1) is 12.9. The zero-order valence-electron chi connectivity index (χ0n) is 11.0. The molecule has 0 spiro atoms. The second kappa shape index (κ2) is 4.44. The van der Waals surface area contributed by atoms with E-state index in [4.69, 9.17) is 0 Å².